The number of hydrogen-bond donors (Lipinski definition) is 3. The van der Waals surface area contributed by atoms with E-state index in [2.05, 4.69) is 6.92 Å². The number of carbonyl (C=O) groups excluding carboxylic acids is 1. The lowest BCUT2D eigenvalue weighted by Crippen LogP contribution is -2.12. The summed E-state index contributed by atoms with van der Waals surface area (Å²) >= 11 is 0. The Hall–Kier alpha value is -2.69. The molecule has 140 valence electrons. The fourth-order valence-corrected chi connectivity index (χ4v) is 2.96. The van der Waals surface area contributed by atoms with Crippen molar-refractivity contribution in [3.05, 3.63) is 47.0 Å². The van der Waals surface area contributed by atoms with E-state index in [1.165, 1.54) is 12.1 Å². The lowest BCUT2D eigenvalue weighted by Gasteiger charge is -2.13. The minimum absolute atomic E-state index is 0.0249. The normalized spacial score (nSPS) is 10.7. The zero-order chi connectivity index (χ0) is 19.1. The number of benzene rings is 2. The number of phenols is 3. The van der Waals surface area contributed by atoms with E-state index in [9.17, 15) is 20.1 Å². The molecule has 0 spiro atoms. The Balaban J connectivity index is 2.28. The van der Waals surface area contributed by atoms with Gasteiger partial charge in [-0.15, -0.1) is 0 Å². The van der Waals surface area contributed by atoms with Gasteiger partial charge in [-0.2, -0.15) is 0 Å². The lowest BCUT2D eigenvalue weighted by atomic mass is 10.00. The van der Waals surface area contributed by atoms with E-state index in [4.69, 9.17) is 4.74 Å². The van der Waals surface area contributed by atoms with Crippen LogP contribution in [0.3, 0.4) is 0 Å². The number of carbonyl (C=O) groups is 1. The van der Waals surface area contributed by atoms with Crippen molar-refractivity contribution in [3.8, 4) is 23.0 Å². The second kappa shape index (κ2) is 9.13. The van der Waals surface area contributed by atoms with Crippen molar-refractivity contribution in [2.75, 3.05) is 0 Å². The van der Waals surface area contributed by atoms with Crippen molar-refractivity contribution in [1.82, 2.24) is 0 Å². The fourth-order valence-electron chi connectivity index (χ4n) is 2.96. The Kier molecular flexibility index (Phi) is 6.89. The standard InChI is InChI=1S/C21H26O5/c1-3-5-6-8-15-11-17(23)13-19(24)20(15)21(25)26-18-10-14(7-4-2)9-16(22)12-18/h9-13,22-24H,3-8H2,1-2H3. The fraction of sp³-hybridized carbons (Fsp3) is 0.381. The third-order valence-corrected chi connectivity index (χ3v) is 4.14. The Morgan fingerprint density at radius 1 is 0.885 bits per heavy atom. The molecule has 0 aliphatic carbocycles. The van der Waals surface area contributed by atoms with Gasteiger partial charge in [-0.05, 0) is 48.6 Å². The first kappa shape index (κ1) is 19.6. The van der Waals surface area contributed by atoms with Crippen LogP contribution in [0.5, 0.6) is 23.0 Å². The van der Waals surface area contributed by atoms with E-state index in [1.807, 2.05) is 6.92 Å². The number of hydrogen-bond acceptors (Lipinski definition) is 5. The van der Waals surface area contributed by atoms with E-state index in [1.54, 1.807) is 12.1 Å². The Morgan fingerprint density at radius 3 is 2.31 bits per heavy atom. The number of ether oxygens (including phenoxy) is 1. The van der Waals surface area contributed by atoms with Crippen LogP contribution in [0.4, 0.5) is 0 Å². The van der Waals surface area contributed by atoms with Crippen molar-refractivity contribution in [3.63, 3.8) is 0 Å². The minimum atomic E-state index is -0.706. The molecule has 2 aromatic carbocycles. The van der Waals surface area contributed by atoms with Gasteiger partial charge < -0.3 is 20.1 Å². The van der Waals surface area contributed by atoms with Crippen LogP contribution in [0.1, 0.15) is 61.0 Å². The summed E-state index contributed by atoms with van der Waals surface area (Å²) < 4.78 is 5.40. The zero-order valence-corrected chi connectivity index (χ0v) is 15.3. The average Bonchev–Trinajstić information content (AvgIpc) is 2.54. The quantitative estimate of drug-likeness (QED) is 0.361. The van der Waals surface area contributed by atoms with E-state index in [0.29, 0.717) is 12.0 Å². The van der Waals surface area contributed by atoms with Gasteiger partial charge in [-0.25, -0.2) is 4.79 Å². The van der Waals surface area contributed by atoms with E-state index >= 15 is 0 Å². The SMILES string of the molecule is CCCCCc1cc(O)cc(O)c1C(=O)Oc1cc(O)cc(CCC)c1. The van der Waals surface area contributed by atoms with E-state index in [0.717, 1.165) is 43.7 Å². The van der Waals surface area contributed by atoms with Crippen LogP contribution in [0.25, 0.3) is 0 Å². The second-order valence-corrected chi connectivity index (χ2v) is 6.43. The number of esters is 1. The number of unbranched alkanes of at least 4 members (excludes halogenated alkanes) is 2. The molecule has 0 saturated heterocycles. The number of aromatic hydroxyl groups is 3. The molecule has 0 heterocycles. The highest BCUT2D eigenvalue weighted by Crippen LogP contribution is 2.31. The molecular weight excluding hydrogens is 332 g/mol. The van der Waals surface area contributed by atoms with Crippen LogP contribution < -0.4 is 4.74 Å². The van der Waals surface area contributed by atoms with Gasteiger partial charge >= 0.3 is 5.97 Å². The Bertz CT molecular complexity index is 767. The van der Waals surface area contributed by atoms with Gasteiger partial charge in [0.15, 0.2) is 0 Å². The first-order valence-electron chi connectivity index (χ1n) is 9.04. The molecular formula is C21H26O5. The molecule has 0 amide bonds. The van der Waals surface area contributed by atoms with Crippen LogP contribution >= 0.6 is 0 Å². The maximum atomic E-state index is 12.6. The molecule has 0 aromatic heterocycles. The summed E-state index contributed by atoms with van der Waals surface area (Å²) in [5.74, 6) is -0.854. The molecule has 0 aliphatic heterocycles. The summed E-state index contributed by atoms with van der Waals surface area (Å²) in [5, 5.41) is 29.7. The van der Waals surface area contributed by atoms with E-state index in [-0.39, 0.29) is 28.6 Å². The largest absolute Gasteiger partial charge is 0.508 e. The van der Waals surface area contributed by atoms with Gasteiger partial charge in [0.2, 0.25) is 0 Å². The van der Waals surface area contributed by atoms with Gasteiger partial charge in [0.05, 0.1) is 0 Å². The summed E-state index contributed by atoms with van der Waals surface area (Å²) in [6, 6.07) is 7.32. The third kappa shape index (κ3) is 5.15. The number of rotatable bonds is 8. The van der Waals surface area contributed by atoms with Crippen LogP contribution in [0, 0.1) is 0 Å². The molecule has 5 heteroatoms. The van der Waals surface area contributed by atoms with Crippen LogP contribution in [0.2, 0.25) is 0 Å². The van der Waals surface area contributed by atoms with Gasteiger partial charge in [0.1, 0.15) is 28.6 Å². The third-order valence-electron chi connectivity index (χ3n) is 4.14. The summed E-state index contributed by atoms with van der Waals surface area (Å²) in [5.41, 5.74) is 1.47. The number of phenolic OH excluding ortho intramolecular Hbond substituents is 3. The Labute approximate surface area is 153 Å². The van der Waals surface area contributed by atoms with Gasteiger partial charge in [0.25, 0.3) is 0 Å². The van der Waals surface area contributed by atoms with Crippen molar-refractivity contribution >= 4 is 5.97 Å². The summed E-state index contributed by atoms with van der Waals surface area (Å²) in [7, 11) is 0. The average molecular weight is 358 g/mol. The maximum Gasteiger partial charge on any atom is 0.347 e. The first-order chi connectivity index (χ1) is 12.4. The van der Waals surface area contributed by atoms with Crippen molar-refractivity contribution in [1.29, 1.82) is 0 Å². The first-order valence-corrected chi connectivity index (χ1v) is 9.04. The predicted molar refractivity (Wildman–Crippen MR) is 100 cm³/mol. The molecule has 0 bridgehead atoms. The van der Waals surface area contributed by atoms with E-state index < -0.39 is 5.97 Å². The highest BCUT2D eigenvalue weighted by molar-refractivity contribution is 5.95. The highest BCUT2D eigenvalue weighted by Gasteiger charge is 2.20. The lowest BCUT2D eigenvalue weighted by molar-refractivity contribution is 0.0730. The molecule has 0 fully saturated rings. The molecule has 0 aliphatic rings. The highest BCUT2D eigenvalue weighted by atomic mass is 16.5. The predicted octanol–water partition coefficient (Wildman–Crippen LogP) is 4.71. The minimum Gasteiger partial charge on any atom is -0.508 e. The molecule has 3 N–H and O–H groups in total. The molecule has 2 aromatic rings. The molecule has 5 nitrogen and oxygen atoms in total. The van der Waals surface area contributed by atoms with Crippen LogP contribution in [-0.2, 0) is 12.8 Å². The van der Waals surface area contributed by atoms with Crippen molar-refractivity contribution in [2.24, 2.45) is 0 Å². The van der Waals surface area contributed by atoms with Gasteiger partial charge in [0, 0.05) is 12.1 Å². The molecule has 0 radical (unpaired) electrons. The molecule has 0 unspecified atom stereocenters. The monoisotopic (exact) mass is 358 g/mol. The van der Waals surface area contributed by atoms with Crippen LogP contribution in [-0.4, -0.2) is 21.3 Å². The molecule has 0 saturated carbocycles. The second-order valence-electron chi connectivity index (χ2n) is 6.43. The van der Waals surface area contributed by atoms with Crippen LogP contribution in [0.15, 0.2) is 30.3 Å². The van der Waals surface area contributed by atoms with Crippen molar-refractivity contribution in [2.45, 2.75) is 52.4 Å². The summed E-state index contributed by atoms with van der Waals surface area (Å²) in [4.78, 5) is 12.6. The summed E-state index contributed by atoms with van der Waals surface area (Å²) in [6.45, 7) is 4.09. The molecule has 0 atom stereocenters. The Morgan fingerprint density at radius 2 is 1.62 bits per heavy atom. The van der Waals surface area contributed by atoms with Gasteiger partial charge in [-0.3, -0.25) is 0 Å². The summed E-state index contributed by atoms with van der Waals surface area (Å²) in [6.07, 6.45) is 5.06. The maximum absolute atomic E-state index is 12.6. The zero-order valence-electron chi connectivity index (χ0n) is 15.3. The topological polar surface area (TPSA) is 87.0 Å². The van der Waals surface area contributed by atoms with Gasteiger partial charge in [-0.1, -0.05) is 33.1 Å². The molecule has 26 heavy (non-hydrogen) atoms. The number of aryl methyl sites for hydroxylation is 2. The molecule has 2 rings (SSSR count). The smallest absolute Gasteiger partial charge is 0.347 e. The van der Waals surface area contributed by atoms with Crippen molar-refractivity contribution < 1.29 is 24.9 Å².